The van der Waals surface area contributed by atoms with E-state index in [0.717, 1.165) is 11.1 Å². The SMILES string of the molecule is C=C(C)C(CC=C(C)C)Cc1c2c(c(O)c3c1O[C@@H](c1ccc(O)cc1)[C@H]3c1cc(O)cc(O)c1)C(=O)C[C@@H](c1ccc(O)cc1OC)O2. The summed E-state index contributed by atoms with van der Waals surface area (Å²) in [6.45, 7) is 10.3. The number of phenols is 5. The largest absolute Gasteiger partial charge is 0.508 e. The van der Waals surface area contributed by atoms with Crippen molar-refractivity contribution in [2.45, 2.75) is 58.2 Å². The van der Waals surface area contributed by atoms with E-state index in [2.05, 4.69) is 12.7 Å². The van der Waals surface area contributed by atoms with E-state index in [1.54, 1.807) is 18.2 Å². The second-order valence-corrected chi connectivity index (χ2v) is 13.1. The van der Waals surface area contributed by atoms with Crippen LogP contribution in [0.15, 0.2) is 84.5 Å². The van der Waals surface area contributed by atoms with Crippen LogP contribution in [-0.4, -0.2) is 38.4 Å². The summed E-state index contributed by atoms with van der Waals surface area (Å²) in [6.07, 6.45) is 1.46. The van der Waals surface area contributed by atoms with Crippen molar-refractivity contribution in [3.05, 3.63) is 118 Å². The first-order valence-electron chi connectivity index (χ1n) is 16.1. The zero-order chi connectivity index (χ0) is 35.1. The maximum absolute atomic E-state index is 14.2. The van der Waals surface area contributed by atoms with Gasteiger partial charge in [-0.15, -0.1) is 0 Å². The van der Waals surface area contributed by atoms with Gasteiger partial charge in [0, 0.05) is 28.8 Å². The quantitative estimate of drug-likeness (QED) is 0.112. The molecule has 4 aromatic rings. The van der Waals surface area contributed by atoms with Gasteiger partial charge in [0.15, 0.2) is 5.78 Å². The average molecular weight is 665 g/mol. The molecule has 5 N–H and O–H groups in total. The average Bonchev–Trinajstić information content (AvgIpc) is 3.44. The zero-order valence-electron chi connectivity index (χ0n) is 27.9. The molecule has 0 fully saturated rings. The predicted molar refractivity (Wildman–Crippen MR) is 184 cm³/mol. The van der Waals surface area contributed by atoms with Crippen molar-refractivity contribution in [1.82, 2.24) is 0 Å². The van der Waals surface area contributed by atoms with Gasteiger partial charge in [0.05, 0.1) is 19.4 Å². The minimum atomic E-state index is -0.791. The third-order valence-corrected chi connectivity index (χ3v) is 9.31. The van der Waals surface area contributed by atoms with Crippen LogP contribution in [0.3, 0.4) is 0 Å². The van der Waals surface area contributed by atoms with Crippen molar-refractivity contribution in [1.29, 1.82) is 0 Å². The first-order chi connectivity index (χ1) is 23.4. The number of carbonyl (C=O) groups is 1. The van der Waals surface area contributed by atoms with Crippen molar-refractivity contribution in [2.75, 3.05) is 7.11 Å². The van der Waals surface area contributed by atoms with Crippen LogP contribution in [0.5, 0.6) is 46.0 Å². The minimum Gasteiger partial charge on any atom is -0.508 e. The molecule has 0 saturated heterocycles. The Balaban J connectivity index is 1.61. The molecule has 0 amide bonds. The molecule has 9 nitrogen and oxygen atoms in total. The standard InChI is InChI=1S/C40H40O9/c1-20(2)6-7-23(21(3)4)16-30-39-35(31(45)19-33(48-39)29-13-12-26(42)18-32(29)47-5)37(46)36-34(24-14-27(43)17-28(44)15-24)38(49-40(30)36)22-8-10-25(41)11-9-22/h6,8-15,17-18,23,33-34,38,41-44,46H,3,7,16,19H2,1-2,4-5H3/t23?,33-,34-,38-/m0/s1. The van der Waals surface area contributed by atoms with Crippen LogP contribution in [0.4, 0.5) is 0 Å². The van der Waals surface area contributed by atoms with Crippen LogP contribution < -0.4 is 14.2 Å². The van der Waals surface area contributed by atoms with Crippen LogP contribution in [-0.2, 0) is 6.42 Å². The number of carbonyl (C=O) groups excluding carboxylic acids is 1. The van der Waals surface area contributed by atoms with E-state index < -0.39 is 18.1 Å². The maximum Gasteiger partial charge on any atom is 0.174 e. The molecule has 4 aromatic carbocycles. The van der Waals surface area contributed by atoms with Gasteiger partial charge in [0.2, 0.25) is 0 Å². The summed E-state index contributed by atoms with van der Waals surface area (Å²) in [4.78, 5) is 14.2. The van der Waals surface area contributed by atoms with Gasteiger partial charge in [-0.25, -0.2) is 0 Å². The van der Waals surface area contributed by atoms with Crippen molar-refractivity contribution in [3.8, 4) is 46.0 Å². The highest BCUT2D eigenvalue weighted by atomic mass is 16.5. The number of Topliss-reactive ketones (excluding diaryl/α,β-unsaturated/α-hetero) is 1. The van der Waals surface area contributed by atoms with Gasteiger partial charge in [0.25, 0.3) is 0 Å². The topological polar surface area (TPSA) is 146 Å². The molecule has 2 aliphatic heterocycles. The summed E-state index contributed by atoms with van der Waals surface area (Å²) in [5, 5.41) is 53.3. The summed E-state index contributed by atoms with van der Waals surface area (Å²) in [5.74, 6) is -0.950. The number of phenolic OH excluding ortho intramolecular Hbond substituents is 5. The highest BCUT2D eigenvalue weighted by molar-refractivity contribution is 6.04. The molecule has 0 aromatic heterocycles. The number of ether oxygens (including phenoxy) is 3. The summed E-state index contributed by atoms with van der Waals surface area (Å²) < 4.78 is 19.0. The Labute approximate surface area is 285 Å². The van der Waals surface area contributed by atoms with Crippen molar-refractivity contribution in [3.63, 3.8) is 0 Å². The smallest absolute Gasteiger partial charge is 0.174 e. The molecule has 6 rings (SSSR count). The van der Waals surface area contributed by atoms with Gasteiger partial charge in [-0.3, -0.25) is 4.79 Å². The molecular weight excluding hydrogens is 624 g/mol. The molecule has 2 aliphatic rings. The van der Waals surface area contributed by atoms with Crippen LogP contribution >= 0.6 is 0 Å². The normalized spacial score (nSPS) is 18.4. The van der Waals surface area contributed by atoms with Gasteiger partial charge in [-0.1, -0.05) is 35.9 Å². The number of aromatic hydroxyl groups is 5. The first-order valence-corrected chi connectivity index (χ1v) is 16.1. The number of rotatable bonds is 9. The Morgan fingerprint density at radius 3 is 2.18 bits per heavy atom. The van der Waals surface area contributed by atoms with Crippen LogP contribution in [0.1, 0.15) is 89.9 Å². The van der Waals surface area contributed by atoms with Crippen molar-refractivity contribution in [2.24, 2.45) is 5.92 Å². The molecule has 0 aliphatic carbocycles. The lowest BCUT2D eigenvalue weighted by Gasteiger charge is -2.31. The molecular formula is C40H40O9. The Hall–Kier alpha value is -5.57. The van der Waals surface area contributed by atoms with Crippen molar-refractivity contribution < 1.29 is 44.5 Å². The number of benzene rings is 4. The van der Waals surface area contributed by atoms with Crippen LogP contribution in [0.2, 0.25) is 0 Å². The Morgan fingerprint density at radius 1 is 0.878 bits per heavy atom. The fourth-order valence-electron chi connectivity index (χ4n) is 6.85. The fraction of sp³-hybridized carbons (Fsp3) is 0.275. The number of methoxy groups -OCH3 is 1. The first kappa shape index (κ1) is 33.3. The van der Waals surface area contributed by atoms with Gasteiger partial charge < -0.3 is 39.7 Å². The maximum atomic E-state index is 14.2. The number of fused-ring (bicyclic) bond motifs is 2. The van der Waals surface area contributed by atoms with Crippen LogP contribution in [0.25, 0.3) is 0 Å². The molecule has 2 heterocycles. The minimum absolute atomic E-state index is 0.000520. The Morgan fingerprint density at radius 2 is 1.55 bits per heavy atom. The van der Waals surface area contributed by atoms with Gasteiger partial charge in [0.1, 0.15) is 63.8 Å². The van der Waals surface area contributed by atoms with E-state index in [0.29, 0.717) is 52.2 Å². The number of hydrogen-bond donors (Lipinski definition) is 5. The summed E-state index contributed by atoms with van der Waals surface area (Å²) >= 11 is 0. The Bertz CT molecular complexity index is 1950. The molecule has 0 saturated carbocycles. The van der Waals surface area contributed by atoms with Crippen LogP contribution in [0, 0.1) is 5.92 Å². The number of allylic oxidation sites excluding steroid dienone is 3. The molecule has 9 heteroatoms. The lowest BCUT2D eigenvalue weighted by Crippen LogP contribution is -2.23. The second kappa shape index (κ2) is 13.1. The van der Waals surface area contributed by atoms with E-state index in [9.17, 15) is 30.3 Å². The zero-order valence-corrected chi connectivity index (χ0v) is 27.9. The third kappa shape index (κ3) is 6.36. The van der Waals surface area contributed by atoms with E-state index in [1.807, 2.05) is 20.8 Å². The van der Waals surface area contributed by atoms with E-state index in [4.69, 9.17) is 14.2 Å². The summed E-state index contributed by atoms with van der Waals surface area (Å²) in [6, 6.07) is 15.3. The molecule has 1 unspecified atom stereocenters. The molecule has 0 bridgehead atoms. The van der Waals surface area contributed by atoms with E-state index in [-0.39, 0.29) is 58.2 Å². The third-order valence-electron chi connectivity index (χ3n) is 9.31. The highest BCUT2D eigenvalue weighted by Gasteiger charge is 2.46. The monoisotopic (exact) mass is 664 g/mol. The van der Waals surface area contributed by atoms with E-state index in [1.165, 1.54) is 49.6 Å². The molecule has 0 spiro atoms. The van der Waals surface area contributed by atoms with Gasteiger partial charge in [-0.2, -0.15) is 0 Å². The highest BCUT2D eigenvalue weighted by Crippen LogP contribution is 2.60. The predicted octanol–water partition coefficient (Wildman–Crippen LogP) is 8.29. The lowest BCUT2D eigenvalue weighted by atomic mass is 9.80. The van der Waals surface area contributed by atoms with E-state index >= 15 is 0 Å². The summed E-state index contributed by atoms with van der Waals surface area (Å²) in [5.41, 5.74) is 4.65. The molecule has 254 valence electrons. The van der Waals surface area contributed by atoms with Gasteiger partial charge >= 0.3 is 0 Å². The lowest BCUT2D eigenvalue weighted by molar-refractivity contribution is 0.0838. The second-order valence-electron chi connectivity index (χ2n) is 13.1. The molecule has 4 atom stereocenters. The fourth-order valence-corrected chi connectivity index (χ4v) is 6.85. The number of ketones is 1. The molecule has 0 radical (unpaired) electrons. The number of hydrogen-bond acceptors (Lipinski definition) is 9. The molecule has 49 heavy (non-hydrogen) atoms. The van der Waals surface area contributed by atoms with Gasteiger partial charge in [-0.05, 0) is 87.1 Å². The summed E-state index contributed by atoms with van der Waals surface area (Å²) in [7, 11) is 1.47. The van der Waals surface area contributed by atoms with Crippen molar-refractivity contribution >= 4 is 5.78 Å². The Kier molecular flexibility index (Phi) is 8.94.